The van der Waals surface area contributed by atoms with Crippen LogP contribution in [0.2, 0.25) is 5.02 Å². The highest BCUT2D eigenvalue weighted by Gasteiger charge is 2.27. The highest BCUT2D eigenvalue weighted by Crippen LogP contribution is 2.22. The third-order valence-corrected chi connectivity index (χ3v) is 5.73. The SMILES string of the molecule is CSc1ccc(C)c(C(=O)N2CCN(C(=O)c3ccc(F)cc3Cl)CC2)c1. The quantitative estimate of drug-likeness (QED) is 0.720. The van der Waals surface area contributed by atoms with Gasteiger partial charge in [-0.25, -0.2) is 4.39 Å². The Hall–Kier alpha value is -2.05. The Morgan fingerprint density at radius 2 is 1.56 bits per heavy atom. The first-order valence-corrected chi connectivity index (χ1v) is 10.2. The zero-order valence-corrected chi connectivity index (χ0v) is 16.7. The predicted octanol–water partition coefficient (Wildman–Crippen LogP) is 4.11. The molecule has 2 aromatic carbocycles. The number of amides is 2. The van der Waals surface area contributed by atoms with Crippen LogP contribution in [0, 0.1) is 12.7 Å². The molecule has 0 unspecified atom stereocenters. The van der Waals surface area contributed by atoms with Gasteiger partial charge in [-0.05, 0) is 49.1 Å². The number of carbonyl (C=O) groups is 2. The van der Waals surface area contributed by atoms with E-state index in [1.807, 2.05) is 31.4 Å². The molecule has 0 atom stereocenters. The maximum atomic E-state index is 13.2. The van der Waals surface area contributed by atoms with Gasteiger partial charge in [-0.1, -0.05) is 17.7 Å². The van der Waals surface area contributed by atoms with Crippen molar-refractivity contribution in [2.45, 2.75) is 11.8 Å². The molecule has 0 N–H and O–H groups in total. The normalized spacial score (nSPS) is 14.4. The van der Waals surface area contributed by atoms with Crippen LogP contribution < -0.4 is 0 Å². The molecule has 7 heteroatoms. The summed E-state index contributed by atoms with van der Waals surface area (Å²) in [5, 5.41) is 0.100. The van der Waals surface area contributed by atoms with Crippen LogP contribution in [0.3, 0.4) is 0 Å². The predicted molar refractivity (Wildman–Crippen MR) is 106 cm³/mol. The molecule has 27 heavy (non-hydrogen) atoms. The molecule has 0 aromatic heterocycles. The largest absolute Gasteiger partial charge is 0.335 e. The average Bonchev–Trinajstić information content (AvgIpc) is 2.67. The number of benzene rings is 2. The van der Waals surface area contributed by atoms with Gasteiger partial charge in [0.05, 0.1) is 10.6 Å². The number of thioether (sulfide) groups is 1. The van der Waals surface area contributed by atoms with E-state index in [1.54, 1.807) is 21.6 Å². The third kappa shape index (κ3) is 4.28. The first kappa shape index (κ1) is 19.7. The summed E-state index contributed by atoms with van der Waals surface area (Å²) >= 11 is 7.59. The Kier molecular flexibility index (Phi) is 6.07. The maximum absolute atomic E-state index is 13.2. The molecule has 0 radical (unpaired) electrons. The van der Waals surface area contributed by atoms with E-state index < -0.39 is 5.82 Å². The molecular weight excluding hydrogens is 387 g/mol. The molecule has 1 aliphatic heterocycles. The number of hydrogen-bond acceptors (Lipinski definition) is 3. The molecule has 4 nitrogen and oxygen atoms in total. The van der Waals surface area contributed by atoms with Crippen molar-refractivity contribution in [2.24, 2.45) is 0 Å². The lowest BCUT2D eigenvalue weighted by Gasteiger charge is -2.35. The van der Waals surface area contributed by atoms with Crippen molar-refractivity contribution in [3.05, 3.63) is 63.9 Å². The van der Waals surface area contributed by atoms with Crippen LogP contribution in [-0.4, -0.2) is 54.0 Å². The second-order valence-electron chi connectivity index (χ2n) is 6.39. The molecule has 2 aromatic rings. The molecule has 3 rings (SSSR count). The summed E-state index contributed by atoms with van der Waals surface area (Å²) in [5.41, 5.74) is 1.92. The van der Waals surface area contributed by atoms with Crippen LogP contribution in [0.5, 0.6) is 0 Å². The molecule has 1 saturated heterocycles. The van der Waals surface area contributed by atoms with Crippen LogP contribution >= 0.6 is 23.4 Å². The van der Waals surface area contributed by atoms with Crippen molar-refractivity contribution < 1.29 is 14.0 Å². The zero-order chi connectivity index (χ0) is 19.6. The van der Waals surface area contributed by atoms with Gasteiger partial charge in [0.15, 0.2) is 0 Å². The van der Waals surface area contributed by atoms with Gasteiger partial charge in [0.1, 0.15) is 5.82 Å². The Morgan fingerprint density at radius 3 is 2.11 bits per heavy atom. The van der Waals surface area contributed by atoms with E-state index in [0.29, 0.717) is 31.7 Å². The summed E-state index contributed by atoms with van der Waals surface area (Å²) in [6.07, 6.45) is 1.98. The first-order chi connectivity index (χ1) is 12.9. The Balaban J connectivity index is 1.68. The summed E-state index contributed by atoms with van der Waals surface area (Å²) < 4.78 is 13.2. The second kappa shape index (κ2) is 8.31. The molecule has 0 saturated carbocycles. The van der Waals surface area contributed by atoms with Gasteiger partial charge in [0.25, 0.3) is 11.8 Å². The molecule has 1 heterocycles. The van der Waals surface area contributed by atoms with Crippen molar-refractivity contribution in [1.29, 1.82) is 0 Å². The summed E-state index contributed by atoms with van der Waals surface area (Å²) in [6.45, 7) is 3.66. The van der Waals surface area contributed by atoms with Crippen LogP contribution in [0.4, 0.5) is 4.39 Å². The standard InChI is InChI=1S/C20H20ClFN2O2S/c1-13-3-5-15(27-2)12-17(13)20(26)24-9-7-23(8-10-24)19(25)16-6-4-14(22)11-18(16)21/h3-6,11-12H,7-10H2,1-2H3. The molecule has 1 aliphatic rings. The highest BCUT2D eigenvalue weighted by atomic mass is 35.5. The summed E-state index contributed by atoms with van der Waals surface area (Å²) in [4.78, 5) is 30.0. The van der Waals surface area contributed by atoms with Gasteiger partial charge < -0.3 is 9.80 Å². The monoisotopic (exact) mass is 406 g/mol. The fraction of sp³-hybridized carbons (Fsp3) is 0.300. The van der Waals surface area contributed by atoms with Crippen molar-refractivity contribution in [3.63, 3.8) is 0 Å². The van der Waals surface area contributed by atoms with E-state index in [4.69, 9.17) is 11.6 Å². The van der Waals surface area contributed by atoms with Crippen molar-refractivity contribution in [2.75, 3.05) is 32.4 Å². The van der Waals surface area contributed by atoms with Gasteiger partial charge >= 0.3 is 0 Å². The zero-order valence-electron chi connectivity index (χ0n) is 15.2. The summed E-state index contributed by atoms with van der Waals surface area (Å²) in [6, 6.07) is 9.62. The fourth-order valence-corrected chi connectivity index (χ4v) is 3.76. The van der Waals surface area contributed by atoms with Gasteiger partial charge in [0.2, 0.25) is 0 Å². The Morgan fingerprint density at radius 1 is 0.963 bits per heavy atom. The van der Waals surface area contributed by atoms with E-state index in [-0.39, 0.29) is 22.4 Å². The van der Waals surface area contributed by atoms with E-state index >= 15 is 0 Å². The molecular formula is C20H20ClFN2O2S. The van der Waals surface area contributed by atoms with Crippen LogP contribution in [0.1, 0.15) is 26.3 Å². The van der Waals surface area contributed by atoms with Crippen molar-refractivity contribution >= 4 is 35.2 Å². The number of hydrogen-bond donors (Lipinski definition) is 0. The number of aryl methyl sites for hydroxylation is 1. The van der Waals surface area contributed by atoms with E-state index in [9.17, 15) is 14.0 Å². The minimum Gasteiger partial charge on any atom is -0.335 e. The molecule has 0 aliphatic carbocycles. The third-order valence-electron chi connectivity index (χ3n) is 4.69. The van der Waals surface area contributed by atoms with Crippen LogP contribution in [0.25, 0.3) is 0 Å². The fourth-order valence-electron chi connectivity index (χ4n) is 3.07. The lowest BCUT2D eigenvalue weighted by molar-refractivity contribution is 0.0535. The van der Waals surface area contributed by atoms with E-state index in [1.165, 1.54) is 12.1 Å². The number of nitrogens with zero attached hydrogens (tertiary/aromatic N) is 2. The average molecular weight is 407 g/mol. The highest BCUT2D eigenvalue weighted by molar-refractivity contribution is 7.98. The maximum Gasteiger partial charge on any atom is 0.255 e. The number of piperazine rings is 1. The van der Waals surface area contributed by atoms with Crippen molar-refractivity contribution in [1.82, 2.24) is 9.80 Å². The Labute approximate surface area is 167 Å². The smallest absolute Gasteiger partial charge is 0.255 e. The molecule has 0 bridgehead atoms. The van der Waals surface area contributed by atoms with E-state index in [0.717, 1.165) is 16.5 Å². The van der Waals surface area contributed by atoms with Crippen molar-refractivity contribution in [3.8, 4) is 0 Å². The van der Waals surface area contributed by atoms with E-state index in [2.05, 4.69) is 0 Å². The van der Waals surface area contributed by atoms with Gasteiger partial charge in [-0.15, -0.1) is 11.8 Å². The number of rotatable bonds is 3. The van der Waals surface area contributed by atoms with Gasteiger partial charge in [-0.2, -0.15) is 0 Å². The van der Waals surface area contributed by atoms with Gasteiger partial charge in [0, 0.05) is 36.6 Å². The minimum absolute atomic E-state index is 0.0182. The summed E-state index contributed by atoms with van der Waals surface area (Å²) in [7, 11) is 0. The minimum atomic E-state index is -0.477. The van der Waals surface area contributed by atoms with Gasteiger partial charge in [-0.3, -0.25) is 9.59 Å². The topological polar surface area (TPSA) is 40.6 Å². The molecule has 1 fully saturated rings. The molecule has 0 spiro atoms. The Bertz CT molecular complexity index is 882. The lowest BCUT2D eigenvalue weighted by Crippen LogP contribution is -2.50. The van der Waals surface area contributed by atoms with Crippen LogP contribution in [-0.2, 0) is 0 Å². The van der Waals surface area contributed by atoms with Crippen LogP contribution in [0.15, 0.2) is 41.3 Å². The number of carbonyl (C=O) groups excluding carboxylic acids is 2. The number of halogens is 2. The summed E-state index contributed by atoms with van der Waals surface area (Å²) in [5.74, 6) is -0.738. The lowest BCUT2D eigenvalue weighted by atomic mass is 10.1. The second-order valence-corrected chi connectivity index (χ2v) is 7.68. The first-order valence-electron chi connectivity index (χ1n) is 8.59. The molecule has 2 amide bonds. The molecule has 142 valence electrons.